The molecule has 1 aliphatic rings. The summed E-state index contributed by atoms with van der Waals surface area (Å²) in [5.41, 5.74) is 1.01. The van der Waals surface area contributed by atoms with E-state index >= 15 is 0 Å². The van der Waals surface area contributed by atoms with Gasteiger partial charge < -0.3 is 0 Å². The van der Waals surface area contributed by atoms with Crippen LogP contribution in [0, 0.1) is 17.8 Å². The zero-order chi connectivity index (χ0) is 10.8. The average Bonchev–Trinajstić information content (AvgIpc) is 2.69. The third-order valence-electron chi connectivity index (χ3n) is 3.85. The fourth-order valence-corrected chi connectivity index (χ4v) is 8.04. The Morgan fingerprint density at radius 3 is 2.73 bits per heavy atom. The van der Waals surface area contributed by atoms with Gasteiger partial charge in [-0.3, -0.25) is 0 Å². The highest BCUT2D eigenvalue weighted by atomic mass is 31.9. The van der Waals surface area contributed by atoms with E-state index in [0.29, 0.717) is 0 Å². The second kappa shape index (κ2) is 5.03. The van der Waals surface area contributed by atoms with Gasteiger partial charge in [-0.15, -0.1) is 0 Å². The Hall–Kier alpha value is 0.210. The second-order valence-corrected chi connectivity index (χ2v) is 9.71. The van der Waals surface area contributed by atoms with Crippen molar-refractivity contribution in [2.45, 2.75) is 45.7 Å². The molecule has 0 amide bonds. The lowest BCUT2D eigenvalue weighted by Gasteiger charge is -2.37. The molecule has 15 heavy (non-hydrogen) atoms. The molecule has 1 heterocycles. The van der Waals surface area contributed by atoms with Crippen LogP contribution >= 0.6 is 15.1 Å². The molecule has 1 saturated carbocycles. The van der Waals surface area contributed by atoms with Gasteiger partial charge in [-0.1, -0.05) is 48.3 Å². The first-order valence-corrected chi connectivity index (χ1v) is 9.32. The molecule has 1 aromatic rings. The van der Waals surface area contributed by atoms with Gasteiger partial charge in [0.1, 0.15) is 0 Å². The molecule has 2 rings (SSSR count). The van der Waals surface area contributed by atoms with Crippen LogP contribution in [0.3, 0.4) is 0 Å². The molecule has 0 spiro atoms. The predicted octanol–water partition coefficient (Wildman–Crippen LogP) is 5.89. The summed E-state index contributed by atoms with van der Waals surface area (Å²) in [7, 11) is 1.79. The van der Waals surface area contributed by atoms with E-state index in [1.807, 2.05) is 0 Å². The Kier molecular flexibility index (Phi) is 3.92. The van der Waals surface area contributed by atoms with Crippen LogP contribution in [0.4, 0.5) is 0 Å². The summed E-state index contributed by atoms with van der Waals surface area (Å²) in [6.07, 6.45) is 4.43. The molecule has 0 N–H and O–H groups in total. The van der Waals surface area contributed by atoms with E-state index in [9.17, 15) is 0 Å². The number of rotatable bonds is 2. The van der Waals surface area contributed by atoms with Crippen LogP contribution in [-0.2, 0) is 0 Å². The van der Waals surface area contributed by atoms with Crippen molar-refractivity contribution in [3.8, 4) is 0 Å². The summed E-state index contributed by atoms with van der Waals surface area (Å²) in [6, 6.07) is 2.30. The maximum absolute atomic E-state index is 2.51. The molecule has 84 valence electrons. The zero-order valence-electron chi connectivity index (χ0n) is 10.1. The molecular weight excluding hydrogens is 218 g/mol. The normalized spacial score (nSPS) is 33.9. The van der Waals surface area contributed by atoms with Crippen LogP contribution in [0.25, 0.3) is 0 Å². The summed E-state index contributed by atoms with van der Waals surface area (Å²) >= 11 is 0. The van der Waals surface area contributed by atoms with Gasteiger partial charge in [0.2, 0.25) is 0 Å². The molecule has 0 bridgehead atoms. The molecule has 1 fully saturated rings. The van der Waals surface area contributed by atoms with Gasteiger partial charge in [0.25, 0.3) is 0 Å². The molecule has 0 saturated heterocycles. The van der Waals surface area contributed by atoms with Gasteiger partial charge in [0, 0.05) is 5.66 Å². The summed E-state index contributed by atoms with van der Waals surface area (Å²) < 4.78 is 0. The molecule has 1 unspecified atom stereocenters. The van der Waals surface area contributed by atoms with E-state index < -0.39 is 0 Å². The fourth-order valence-electron chi connectivity index (χ4n) is 2.93. The van der Waals surface area contributed by atoms with Crippen molar-refractivity contribution >= 4 is 15.1 Å². The Bertz CT molecular complexity index is 289. The first-order chi connectivity index (χ1) is 7.18. The standard InChI is InChI=1S/C13H22P2/c1-10(2)12-6-5-11(3)9-13(12)15-8-4-7-14-15/h4,7-8,10-13H,5-6,9H2,1-3H3/t11-,12+,13-,15?/m0/s1. The Balaban J connectivity index is 2.17. The first kappa shape index (κ1) is 11.7. The maximum atomic E-state index is 2.51. The molecule has 0 aliphatic heterocycles. The molecule has 0 radical (unpaired) electrons. The van der Waals surface area contributed by atoms with Crippen molar-refractivity contribution in [2.75, 3.05) is 0 Å². The lowest BCUT2D eigenvalue weighted by Crippen LogP contribution is -2.22. The minimum absolute atomic E-state index is 0.174. The fraction of sp³-hybridized carbons (Fsp3) is 0.769. The summed E-state index contributed by atoms with van der Waals surface area (Å²) in [5.74, 6) is 7.71. The van der Waals surface area contributed by atoms with E-state index in [4.69, 9.17) is 0 Å². The third-order valence-corrected chi connectivity index (χ3v) is 8.66. The summed E-state index contributed by atoms with van der Waals surface area (Å²) in [5, 5.41) is 0. The van der Waals surface area contributed by atoms with Crippen molar-refractivity contribution in [1.29, 1.82) is 0 Å². The van der Waals surface area contributed by atoms with Gasteiger partial charge in [-0.05, 0) is 42.2 Å². The molecule has 2 heteroatoms. The van der Waals surface area contributed by atoms with E-state index in [1.54, 1.807) is 7.87 Å². The van der Waals surface area contributed by atoms with Gasteiger partial charge >= 0.3 is 0 Å². The zero-order valence-corrected chi connectivity index (χ0v) is 11.8. The highest BCUT2D eigenvalue weighted by Gasteiger charge is 2.31. The van der Waals surface area contributed by atoms with Crippen LogP contribution in [-0.4, -0.2) is 0 Å². The van der Waals surface area contributed by atoms with E-state index in [-0.39, 0.29) is 7.21 Å². The molecular formula is C13H22P2. The van der Waals surface area contributed by atoms with Crippen LogP contribution in [0.15, 0.2) is 17.7 Å². The SMILES string of the molecule is CC(C)[C@H]1CC[C@H](C)C[C@@H]1p1cccp1. The Morgan fingerprint density at radius 1 is 1.33 bits per heavy atom. The number of hydrogen-bond donors (Lipinski definition) is 0. The van der Waals surface area contributed by atoms with Crippen molar-refractivity contribution in [1.82, 2.24) is 0 Å². The van der Waals surface area contributed by atoms with Gasteiger partial charge in [-0.25, -0.2) is 0 Å². The largest absolute Gasteiger partial charge is 0.0926 e. The number of hydrogen-bond acceptors (Lipinski definition) is 0. The molecule has 1 aliphatic carbocycles. The molecule has 1 aromatic heterocycles. The van der Waals surface area contributed by atoms with E-state index in [1.165, 1.54) is 19.3 Å². The minimum atomic E-state index is 0.174. The van der Waals surface area contributed by atoms with Crippen molar-refractivity contribution in [2.24, 2.45) is 17.8 Å². The monoisotopic (exact) mass is 240 g/mol. The third kappa shape index (κ3) is 2.66. The highest BCUT2D eigenvalue weighted by molar-refractivity contribution is 8.00. The Morgan fingerprint density at radius 2 is 2.13 bits per heavy atom. The van der Waals surface area contributed by atoms with Crippen LogP contribution in [0.5, 0.6) is 0 Å². The molecule has 0 aromatic carbocycles. The van der Waals surface area contributed by atoms with Crippen LogP contribution in [0.1, 0.15) is 45.7 Å². The predicted molar refractivity (Wildman–Crippen MR) is 72.0 cm³/mol. The maximum Gasteiger partial charge on any atom is 0.00478 e. The lowest BCUT2D eigenvalue weighted by molar-refractivity contribution is 0.225. The second-order valence-electron chi connectivity index (χ2n) is 5.38. The van der Waals surface area contributed by atoms with Crippen molar-refractivity contribution in [3.63, 3.8) is 0 Å². The topological polar surface area (TPSA) is 0 Å². The van der Waals surface area contributed by atoms with Crippen LogP contribution < -0.4 is 0 Å². The summed E-state index contributed by atoms with van der Waals surface area (Å²) in [4.78, 5) is 0. The highest BCUT2D eigenvalue weighted by Crippen LogP contribution is 2.58. The minimum Gasteiger partial charge on any atom is -0.0926 e. The van der Waals surface area contributed by atoms with Crippen molar-refractivity contribution in [3.05, 3.63) is 17.7 Å². The first-order valence-electron chi connectivity index (χ1n) is 6.17. The smallest absolute Gasteiger partial charge is 0.00478 e. The van der Waals surface area contributed by atoms with E-state index in [2.05, 4.69) is 38.4 Å². The van der Waals surface area contributed by atoms with Gasteiger partial charge in [0.05, 0.1) is 0 Å². The summed E-state index contributed by atoms with van der Waals surface area (Å²) in [6.45, 7) is 7.28. The van der Waals surface area contributed by atoms with Gasteiger partial charge in [0.15, 0.2) is 0 Å². The average molecular weight is 240 g/mol. The molecule has 0 nitrogen and oxygen atoms in total. The van der Waals surface area contributed by atoms with Crippen LogP contribution in [0.2, 0.25) is 0 Å². The van der Waals surface area contributed by atoms with Gasteiger partial charge in [-0.2, -0.15) is 0 Å². The quantitative estimate of drug-likeness (QED) is 0.604. The lowest BCUT2D eigenvalue weighted by atomic mass is 9.77. The molecule has 4 atom stereocenters. The Labute approximate surface area is 96.5 Å². The van der Waals surface area contributed by atoms with E-state index in [0.717, 1.165) is 23.4 Å². The van der Waals surface area contributed by atoms with Crippen molar-refractivity contribution < 1.29 is 0 Å².